The molecule has 1 amide bonds. The van der Waals surface area contributed by atoms with Crippen molar-refractivity contribution in [2.75, 3.05) is 11.7 Å². The standard InChI is InChI=1S/C20H25NO4/c1-3-4-14-24-18-10-12-19(13-11-18)25-21(20(23)15-16(2)22)17-8-6-5-7-9-17/h5-13,16,22H,3-4,14-15H2,1-2H3. The molecule has 0 heterocycles. The second kappa shape index (κ2) is 9.69. The number of aliphatic hydroxyl groups excluding tert-OH is 1. The highest BCUT2D eigenvalue weighted by Crippen LogP contribution is 2.22. The second-order valence-electron chi connectivity index (χ2n) is 5.84. The molecule has 25 heavy (non-hydrogen) atoms. The van der Waals surface area contributed by atoms with Gasteiger partial charge in [-0.3, -0.25) is 4.79 Å². The van der Waals surface area contributed by atoms with Gasteiger partial charge in [0, 0.05) is 0 Å². The van der Waals surface area contributed by atoms with E-state index in [1.54, 1.807) is 31.2 Å². The minimum absolute atomic E-state index is 0.0207. The van der Waals surface area contributed by atoms with Gasteiger partial charge in [-0.15, -0.1) is 5.06 Å². The molecule has 2 rings (SSSR count). The van der Waals surface area contributed by atoms with Crippen LogP contribution in [-0.2, 0) is 4.79 Å². The molecule has 0 aliphatic carbocycles. The van der Waals surface area contributed by atoms with E-state index in [0.717, 1.165) is 18.6 Å². The van der Waals surface area contributed by atoms with Crippen LogP contribution in [0, 0.1) is 0 Å². The zero-order valence-corrected chi connectivity index (χ0v) is 14.7. The smallest absolute Gasteiger partial charge is 0.262 e. The predicted molar refractivity (Wildman–Crippen MR) is 97.7 cm³/mol. The molecule has 0 aliphatic rings. The van der Waals surface area contributed by atoms with E-state index >= 15 is 0 Å². The highest BCUT2D eigenvalue weighted by atomic mass is 16.7. The second-order valence-corrected chi connectivity index (χ2v) is 5.84. The molecule has 134 valence electrons. The maximum atomic E-state index is 12.4. The predicted octanol–water partition coefficient (Wildman–Crippen LogP) is 3.96. The Bertz CT molecular complexity index is 641. The van der Waals surface area contributed by atoms with Crippen molar-refractivity contribution < 1.29 is 19.5 Å². The molecular weight excluding hydrogens is 318 g/mol. The number of para-hydroxylation sites is 1. The molecule has 0 aliphatic heterocycles. The number of hydrogen-bond acceptors (Lipinski definition) is 4. The number of benzene rings is 2. The van der Waals surface area contributed by atoms with Gasteiger partial charge in [-0.05, 0) is 49.7 Å². The highest BCUT2D eigenvalue weighted by Gasteiger charge is 2.19. The zero-order valence-electron chi connectivity index (χ0n) is 14.7. The van der Waals surface area contributed by atoms with Gasteiger partial charge in [0.15, 0.2) is 5.75 Å². The first kappa shape index (κ1) is 18.8. The summed E-state index contributed by atoms with van der Waals surface area (Å²) in [5, 5.41) is 10.7. The molecule has 1 unspecified atom stereocenters. The molecule has 0 saturated carbocycles. The van der Waals surface area contributed by atoms with Crippen LogP contribution >= 0.6 is 0 Å². The summed E-state index contributed by atoms with van der Waals surface area (Å²) < 4.78 is 5.62. The van der Waals surface area contributed by atoms with Gasteiger partial charge in [0.1, 0.15) is 5.75 Å². The van der Waals surface area contributed by atoms with Crippen molar-refractivity contribution in [3.8, 4) is 11.5 Å². The molecule has 0 bridgehead atoms. The lowest BCUT2D eigenvalue weighted by Crippen LogP contribution is -2.35. The molecule has 2 aromatic rings. The lowest BCUT2D eigenvalue weighted by Gasteiger charge is -2.23. The number of hydrogen-bond donors (Lipinski definition) is 1. The lowest BCUT2D eigenvalue weighted by molar-refractivity contribution is -0.124. The van der Waals surface area contributed by atoms with Crippen molar-refractivity contribution in [2.45, 2.75) is 39.2 Å². The Kier molecular flexibility index (Phi) is 7.29. The van der Waals surface area contributed by atoms with Gasteiger partial charge in [0.05, 0.1) is 24.8 Å². The van der Waals surface area contributed by atoms with Crippen LogP contribution in [0.15, 0.2) is 54.6 Å². The molecular formula is C20H25NO4. The summed E-state index contributed by atoms with van der Waals surface area (Å²) in [4.78, 5) is 18.2. The first-order chi connectivity index (χ1) is 12.1. The van der Waals surface area contributed by atoms with Crippen LogP contribution in [-0.4, -0.2) is 23.7 Å². The minimum Gasteiger partial charge on any atom is -0.494 e. The van der Waals surface area contributed by atoms with Gasteiger partial charge in [-0.1, -0.05) is 31.5 Å². The van der Waals surface area contributed by atoms with E-state index < -0.39 is 6.10 Å². The number of unbranched alkanes of at least 4 members (excludes halogenated alkanes) is 1. The van der Waals surface area contributed by atoms with Gasteiger partial charge < -0.3 is 14.7 Å². The third kappa shape index (κ3) is 6.12. The summed E-state index contributed by atoms with van der Waals surface area (Å²) in [5.41, 5.74) is 0.608. The van der Waals surface area contributed by atoms with E-state index in [-0.39, 0.29) is 12.3 Å². The Morgan fingerprint density at radius 2 is 1.72 bits per heavy atom. The highest BCUT2D eigenvalue weighted by molar-refractivity contribution is 5.91. The molecule has 5 heteroatoms. The Balaban J connectivity index is 2.09. The molecule has 1 N–H and O–H groups in total. The van der Waals surface area contributed by atoms with Gasteiger partial charge in [0.2, 0.25) is 0 Å². The topological polar surface area (TPSA) is 59.0 Å². The monoisotopic (exact) mass is 343 g/mol. The number of rotatable bonds is 9. The Labute approximate surface area is 148 Å². The maximum absolute atomic E-state index is 12.4. The van der Waals surface area contributed by atoms with Gasteiger partial charge in [-0.25, -0.2) is 0 Å². The molecule has 0 fully saturated rings. The van der Waals surface area contributed by atoms with Gasteiger partial charge >= 0.3 is 0 Å². The molecule has 2 aromatic carbocycles. The molecule has 0 saturated heterocycles. The van der Waals surface area contributed by atoms with Gasteiger partial charge in [-0.2, -0.15) is 0 Å². The zero-order chi connectivity index (χ0) is 18.1. The van der Waals surface area contributed by atoms with Crippen molar-refractivity contribution in [2.24, 2.45) is 0 Å². The summed E-state index contributed by atoms with van der Waals surface area (Å²) in [5.74, 6) is 0.970. The lowest BCUT2D eigenvalue weighted by atomic mass is 10.2. The van der Waals surface area contributed by atoms with Crippen molar-refractivity contribution in [1.82, 2.24) is 0 Å². The Morgan fingerprint density at radius 3 is 2.32 bits per heavy atom. The van der Waals surface area contributed by atoms with E-state index in [1.165, 1.54) is 5.06 Å². The Morgan fingerprint density at radius 1 is 1.08 bits per heavy atom. The molecule has 0 spiro atoms. The molecule has 0 aromatic heterocycles. The van der Waals surface area contributed by atoms with E-state index in [9.17, 15) is 9.90 Å². The van der Waals surface area contributed by atoms with Crippen molar-refractivity contribution in [3.05, 3.63) is 54.6 Å². The number of amides is 1. The summed E-state index contributed by atoms with van der Waals surface area (Å²) >= 11 is 0. The van der Waals surface area contributed by atoms with Crippen molar-refractivity contribution in [3.63, 3.8) is 0 Å². The van der Waals surface area contributed by atoms with Crippen LogP contribution in [0.5, 0.6) is 11.5 Å². The number of ether oxygens (including phenoxy) is 1. The fourth-order valence-corrected chi connectivity index (χ4v) is 2.18. The quantitative estimate of drug-likeness (QED) is 0.553. The van der Waals surface area contributed by atoms with E-state index in [4.69, 9.17) is 9.57 Å². The largest absolute Gasteiger partial charge is 0.494 e. The fourth-order valence-electron chi connectivity index (χ4n) is 2.18. The average Bonchev–Trinajstić information content (AvgIpc) is 2.61. The third-order valence-electron chi connectivity index (χ3n) is 3.47. The summed E-state index contributed by atoms with van der Waals surface area (Å²) in [6, 6.07) is 16.2. The molecule has 1 atom stereocenters. The van der Waals surface area contributed by atoms with E-state index in [1.807, 2.05) is 30.3 Å². The maximum Gasteiger partial charge on any atom is 0.262 e. The summed E-state index contributed by atoms with van der Waals surface area (Å²) in [6.07, 6.45) is 1.33. The van der Waals surface area contributed by atoms with Crippen LogP contribution in [0.3, 0.4) is 0 Å². The molecule has 0 radical (unpaired) electrons. The molecule has 5 nitrogen and oxygen atoms in total. The first-order valence-electron chi connectivity index (χ1n) is 8.57. The number of nitrogens with zero attached hydrogens (tertiary/aromatic N) is 1. The summed E-state index contributed by atoms with van der Waals surface area (Å²) in [6.45, 7) is 4.37. The average molecular weight is 343 g/mol. The number of anilines is 1. The first-order valence-corrected chi connectivity index (χ1v) is 8.57. The number of hydroxylamine groups is 1. The SMILES string of the molecule is CCCCOc1ccc(ON(C(=O)CC(C)O)c2ccccc2)cc1. The van der Waals surface area contributed by atoms with Crippen molar-refractivity contribution >= 4 is 11.6 Å². The number of carbonyl (C=O) groups is 1. The minimum atomic E-state index is -0.739. The van der Waals surface area contributed by atoms with Crippen LogP contribution < -0.4 is 14.6 Å². The van der Waals surface area contributed by atoms with E-state index in [0.29, 0.717) is 18.0 Å². The Hall–Kier alpha value is -2.53. The van der Waals surface area contributed by atoms with Crippen LogP contribution in [0.4, 0.5) is 5.69 Å². The normalized spacial score (nSPS) is 11.6. The van der Waals surface area contributed by atoms with Crippen LogP contribution in [0.2, 0.25) is 0 Å². The van der Waals surface area contributed by atoms with Gasteiger partial charge in [0.25, 0.3) is 5.91 Å². The number of aliphatic hydroxyl groups is 1. The van der Waals surface area contributed by atoms with Crippen molar-refractivity contribution in [1.29, 1.82) is 0 Å². The fraction of sp³-hybridized carbons (Fsp3) is 0.350. The van der Waals surface area contributed by atoms with Crippen LogP contribution in [0.1, 0.15) is 33.1 Å². The third-order valence-corrected chi connectivity index (χ3v) is 3.47. The van der Waals surface area contributed by atoms with E-state index in [2.05, 4.69) is 6.92 Å². The summed E-state index contributed by atoms with van der Waals surface area (Å²) in [7, 11) is 0. The van der Waals surface area contributed by atoms with Crippen LogP contribution in [0.25, 0.3) is 0 Å². The number of carbonyl (C=O) groups excluding carboxylic acids is 1.